The van der Waals surface area contributed by atoms with E-state index in [1.165, 1.54) is 24.9 Å². The summed E-state index contributed by atoms with van der Waals surface area (Å²) in [7, 11) is 0. The number of rotatable bonds is 8. The van der Waals surface area contributed by atoms with E-state index in [4.69, 9.17) is 0 Å². The van der Waals surface area contributed by atoms with Gasteiger partial charge in [-0.25, -0.2) is 0 Å². The maximum Gasteiger partial charge on any atom is 0.0233 e. The van der Waals surface area contributed by atoms with Crippen LogP contribution in [-0.4, -0.2) is 18.0 Å². The molecule has 1 aromatic rings. The summed E-state index contributed by atoms with van der Waals surface area (Å²) in [5.41, 5.74) is 2.22. The molecule has 0 heterocycles. The molecular formula is C19H33N. The molecule has 1 aromatic carbocycles. The molecule has 1 nitrogen and oxygen atoms in total. The lowest BCUT2D eigenvalue weighted by Crippen LogP contribution is -2.36. The second kappa shape index (κ2) is 7.26. The molecule has 0 aromatic heterocycles. The topological polar surface area (TPSA) is 3.24 Å². The highest BCUT2D eigenvalue weighted by molar-refractivity contribution is 5.14. The Bertz CT molecular complexity index is 378. The van der Waals surface area contributed by atoms with E-state index >= 15 is 0 Å². The Hall–Kier alpha value is -0.820. The number of hydrogen-bond donors (Lipinski definition) is 0. The lowest BCUT2D eigenvalue weighted by molar-refractivity contribution is 0.118. The summed E-state index contributed by atoms with van der Waals surface area (Å²) in [6, 6.07) is 10.8. The zero-order valence-electron chi connectivity index (χ0n) is 14.4. The zero-order valence-corrected chi connectivity index (χ0v) is 14.4. The third-order valence-electron chi connectivity index (χ3n) is 4.26. The molecule has 0 spiro atoms. The van der Waals surface area contributed by atoms with Crippen LogP contribution >= 0.6 is 0 Å². The summed E-state index contributed by atoms with van der Waals surface area (Å²) in [5.74, 6) is 0. The normalized spacial score (nSPS) is 12.9. The van der Waals surface area contributed by atoms with Crippen LogP contribution in [0.1, 0.15) is 59.9 Å². The van der Waals surface area contributed by atoms with E-state index < -0.39 is 0 Å². The Labute approximate surface area is 126 Å². The van der Waals surface area contributed by atoms with Gasteiger partial charge in [-0.1, -0.05) is 78.3 Å². The van der Waals surface area contributed by atoms with E-state index in [-0.39, 0.29) is 0 Å². The van der Waals surface area contributed by atoms with Gasteiger partial charge in [-0.05, 0) is 29.4 Å². The van der Waals surface area contributed by atoms with Crippen molar-refractivity contribution in [3.05, 3.63) is 35.9 Å². The Kier molecular flexibility index (Phi) is 6.26. The van der Waals surface area contributed by atoms with Gasteiger partial charge >= 0.3 is 0 Å². The first-order chi connectivity index (χ1) is 9.28. The van der Waals surface area contributed by atoms with Crippen molar-refractivity contribution in [1.82, 2.24) is 4.90 Å². The van der Waals surface area contributed by atoms with E-state index in [0.29, 0.717) is 10.8 Å². The highest BCUT2D eigenvalue weighted by atomic mass is 15.1. The Balaban J connectivity index is 2.63. The Morgan fingerprint density at radius 2 is 1.50 bits per heavy atom. The highest BCUT2D eigenvalue weighted by Gasteiger charge is 2.29. The minimum Gasteiger partial charge on any atom is -0.299 e. The summed E-state index contributed by atoms with van der Waals surface area (Å²) >= 11 is 0. The molecule has 20 heavy (non-hydrogen) atoms. The van der Waals surface area contributed by atoms with Crippen LogP contribution in [0, 0.1) is 10.8 Å². The first-order valence-electron chi connectivity index (χ1n) is 8.04. The molecule has 0 N–H and O–H groups in total. The van der Waals surface area contributed by atoms with Gasteiger partial charge in [0.25, 0.3) is 0 Å². The molecular weight excluding hydrogens is 242 g/mol. The Morgan fingerprint density at radius 3 is 2.00 bits per heavy atom. The summed E-state index contributed by atoms with van der Waals surface area (Å²) in [6.07, 6.45) is 2.53. The molecule has 0 atom stereocenters. The zero-order chi connectivity index (χ0) is 15.2. The van der Waals surface area contributed by atoms with Crippen molar-refractivity contribution in [3.8, 4) is 0 Å². The van der Waals surface area contributed by atoms with Crippen molar-refractivity contribution in [2.24, 2.45) is 10.8 Å². The van der Waals surface area contributed by atoms with Crippen LogP contribution in [0.4, 0.5) is 0 Å². The molecule has 0 radical (unpaired) electrons. The number of hydrogen-bond acceptors (Lipinski definition) is 1. The van der Waals surface area contributed by atoms with Crippen molar-refractivity contribution < 1.29 is 0 Å². The molecule has 0 aliphatic heterocycles. The summed E-state index contributed by atoms with van der Waals surface area (Å²) in [6.45, 7) is 17.5. The van der Waals surface area contributed by atoms with Crippen LogP contribution < -0.4 is 0 Å². The molecule has 1 rings (SSSR count). The molecule has 0 bridgehead atoms. The van der Waals surface area contributed by atoms with E-state index in [1.807, 2.05) is 0 Å². The summed E-state index contributed by atoms with van der Waals surface area (Å²) in [5, 5.41) is 0. The SMILES string of the molecule is CCN(Cc1ccccc1)CC(C)(C)CC(C)(C)CC. The van der Waals surface area contributed by atoms with Gasteiger partial charge in [0.15, 0.2) is 0 Å². The molecule has 0 saturated carbocycles. The number of benzene rings is 1. The lowest BCUT2D eigenvalue weighted by Gasteiger charge is -2.38. The fourth-order valence-electron chi connectivity index (χ4n) is 3.20. The molecule has 0 aliphatic rings. The molecule has 0 aliphatic carbocycles. The van der Waals surface area contributed by atoms with Gasteiger partial charge in [0, 0.05) is 13.1 Å². The standard InChI is InChI=1S/C19H33N/c1-7-18(3,4)15-19(5,6)16-20(8-2)14-17-12-10-9-11-13-17/h9-13H,7-8,14-16H2,1-6H3. The van der Waals surface area contributed by atoms with E-state index in [2.05, 4.69) is 76.8 Å². The average molecular weight is 275 g/mol. The molecule has 0 amide bonds. The van der Waals surface area contributed by atoms with Crippen molar-refractivity contribution in [2.75, 3.05) is 13.1 Å². The van der Waals surface area contributed by atoms with Gasteiger partial charge in [0.1, 0.15) is 0 Å². The molecule has 1 heteroatoms. The first kappa shape index (κ1) is 17.2. The van der Waals surface area contributed by atoms with Gasteiger partial charge in [0.2, 0.25) is 0 Å². The van der Waals surface area contributed by atoms with Crippen molar-refractivity contribution in [3.63, 3.8) is 0 Å². The lowest BCUT2D eigenvalue weighted by atomic mass is 9.73. The van der Waals surface area contributed by atoms with Crippen LogP contribution in [0.15, 0.2) is 30.3 Å². The summed E-state index contributed by atoms with van der Waals surface area (Å²) in [4.78, 5) is 2.57. The van der Waals surface area contributed by atoms with Gasteiger partial charge in [-0.15, -0.1) is 0 Å². The van der Waals surface area contributed by atoms with Crippen LogP contribution in [-0.2, 0) is 6.54 Å². The largest absolute Gasteiger partial charge is 0.299 e. The monoisotopic (exact) mass is 275 g/mol. The van der Waals surface area contributed by atoms with Crippen molar-refractivity contribution >= 4 is 0 Å². The van der Waals surface area contributed by atoms with E-state index in [9.17, 15) is 0 Å². The third-order valence-corrected chi connectivity index (χ3v) is 4.26. The maximum atomic E-state index is 2.57. The van der Waals surface area contributed by atoms with Crippen LogP contribution in [0.3, 0.4) is 0 Å². The molecule has 0 saturated heterocycles. The van der Waals surface area contributed by atoms with Crippen LogP contribution in [0.25, 0.3) is 0 Å². The fourth-order valence-corrected chi connectivity index (χ4v) is 3.20. The summed E-state index contributed by atoms with van der Waals surface area (Å²) < 4.78 is 0. The molecule has 114 valence electrons. The fraction of sp³-hybridized carbons (Fsp3) is 0.684. The molecule has 0 unspecified atom stereocenters. The van der Waals surface area contributed by atoms with Crippen LogP contribution in [0.2, 0.25) is 0 Å². The van der Waals surface area contributed by atoms with Crippen molar-refractivity contribution in [1.29, 1.82) is 0 Å². The van der Waals surface area contributed by atoms with Gasteiger partial charge in [0.05, 0.1) is 0 Å². The smallest absolute Gasteiger partial charge is 0.0233 e. The van der Waals surface area contributed by atoms with Gasteiger partial charge in [-0.2, -0.15) is 0 Å². The quantitative estimate of drug-likeness (QED) is 0.617. The van der Waals surface area contributed by atoms with Gasteiger partial charge < -0.3 is 0 Å². The average Bonchev–Trinajstić information content (AvgIpc) is 2.37. The van der Waals surface area contributed by atoms with E-state index in [0.717, 1.165) is 13.1 Å². The number of nitrogens with zero attached hydrogens (tertiary/aromatic N) is 1. The molecule has 0 fully saturated rings. The minimum absolute atomic E-state index is 0.365. The second-order valence-corrected chi connectivity index (χ2v) is 7.65. The van der Waals surface area contributed by atoms with Gasteiger partial charge in [-0.3, -0.25) is 4.90 Å². The Morgan fingerprint density at radius 1 is 0.900 bits per heavy atom. The maximum absolute atomic E-state index is 2.57. The van der Waals surface area contributed by atoms with Crippen molar-refractivity contribution in [2.45, 2.75) is 60.9 Å². The predicted octanol–water partition coefficient (Wildman–Crippen LogP) is 5.36. The second-order valence-electron chi connectivity index (χ2n) is 7.65. The van der Waals surface area contributed by atoms with E-state index in [1.54, 1.807) is 0 Å². The van der Waals surface area contributed by atoms with Crippen LogP contribution in [0.5, 0.6) is 0 Å². The third kappa shape index (κ3) is 6.09. The minimum atomic E-state index is 0.365. The predicted molar refractivity (Wildman–Crippen MR) is 89.9 cm³/mol. The highest BCUT2D eigenvalue weighted by Crippen LogP contribution is 2.36. The first-order valence-corrected chi connectivity index (χ1v) is 8.04.